The number of nitrogens with zero attached hydrogens (tertiary/aromatic N) is 1. The summed E-state index contributed by atoms with van der Waals surface area (Å²) >= 11 is 0. The number of hydrogen-bond acceptors (Lipinski definition) is 5. The van der Waals surface area contributed by atoms with E-state index in [9.17, 15) is 9.90 Å². The number of benzene rings is 1. The third-order valence-electron chi connectivity index (χ3n) is 3.59. The minimum atomic E-state index is -0.343. The Morgan fingerprint density at radius 2 is 2.17 bits per heavy atom. The van der Waals surface area contributed by atoms with Gasteiger partial charge in [-0.05, 0) is 49.2 Å². The second kappa shape index (κ2) is 7.11. The number of carbonyl (C=O) groups is 1. The zero-order chi connectivity index (χ0) is 16.1. The number of aromatic nitrogens is 1. The molecular weight excluding hydrogens is 296 g/mol. The molecule has 0 spiro atoms. The van der Waals surface area contributed by atoms with Gasteiger partial charge in [-0.25, -0.2) is 4.98 Å². The molecule has 23 heavy (non-hydrogen) atoms. The molecule has 0 bridgehead atoms. The maximum Gasteiger partial charge on any atom is 0.256 e. The molecule has 1 aliphatic heterocycles. The number of amides is 1. The first-order valence-electron chi connectivity index (χ1n) is 7.52. The smallest absolute Gasteiger partial charge is 0.256 e. The van der Waals surface area contributed by atoms with E-state index < -0.39 is 0 Å². The van der Waals surface area contributed by atoms with Crippen molar-refractivity contribution in [3.05, 3.63) is 48.2 Å². The second-order valence-electron chi connectivity index (χ2n) is 5.30. The average molecular weight is 314 g/mol. The van der Waals surface area contributed by atoms with Crippen molar-refractivity contribution >= 4 is 11.7 Å². The van der Waals surface area contributed by atoms with Crippen molar-refractivity contribution in [2.24, 2.45) is 0 Å². The van der Waals surface area contributed by atoms with Gasteiger partial charge < -0.3 is 19.9 Å². The number of carbonyl (C=O) groups excluding carboxylic acids is 1. The van der Waals surface area contributed by atoms with Crippen LogP contribution in [0.1, 0.15) is 23.2 Å². The molecule has 1 amide bonds. The molecule has 120 valence electrons. The van der Waals surface area contributed by atoms with Crippen LogP contribution < -0.4 is 10.1 Å². The largest absolute Gasteiger partial charge is 0.504 e. The van der Waals surface area contributed by atoms with Crippen LogP contribution in [0.25, 0.3) is 0 Å². The van der Waals surface area contributed by atoms with Crippen molar-refractivity contribution < 1.29 is 19.4 Å². The molecule has 1 atom stereocenters. The van der Waals surface area contributed by atoms with Crippen LogP contribution in [-0.4, -0.2) is 35.3 Å². The van der Waals surface area contributed by atoms with E-state index in [4.69, 9.17) is 9.47 Å². The number of anilines is 1. The average Bonchev–Trinajstić information content (AvgIpc) is 3.09. The third-order valence-corrected chi connectivity index (χ3v) is 3.59. The Kier molecular flexibility index (Phi) is 4.73. The lowest BCUT2D eigenvalue weighted by molar-refractivity contribution is 0.0679. The van der Waals surface area contributed by atoms with Crippen LogP contribution in [0.15, 0.2) is 42.6 Å². The summed E-state index contributed by atoms with van der Waals surface area (Å²) in [7, 11) is 0. The van der Waals surface area contributed by atoms with Crippen LogP contribution in [0.2, 0.25) is 0 Å². The van der Waals surface area contributed by atoms with Crippen LogP contribution in [0, 0.1) is 0 Å². The van der Waals surface area contributed by atoms with Crippen molar-refractivity contribution in [1.29, 1.82) is 0 Å². The molecule has 1 fully saturated rings. The summed E-state index contributed by atoms with van der Waals surface area (Å²) < 4.78 is 11.1. The molecule has 1 aromatic heterocycles. The lowest BCUT2D eigenvalue weighted by Crippen LogP contribution is -2.16. The summed E-state index contributed by atoms with van der Waals surface area (Å²) in [4.78, 5) is 16.0. The fourth-order valence-electron chi connectivity index (χ4n) is 2.34. The molecule has 6 nitrogen and oxygen atoms in total. The highest BCUT2D eigenvalue weighted by Gasteiger charge is 2.16. The van der Waals surface area contributed by atoms with Crippen LogP contribution in [0.4, 0.5) is 5.82 Å². The standard InChI is InChI=1S/C17H18N2O4/c20-15-4-1-9-18-16(15)19-17(21)12-5-7-13(8-6-12)23-11-14-3-2-10-22-14/h1,4-9,14,20H,2-3,10-11H2,(H,18,19,21)/t14-/m0/s1. The Hall–Kier alpha value is -2.60. The van der Waals surface area contributed by atoms with Gasteiger partial charge in [0.05, 0.1) is 6.10 Å². The van der Waals surface area contributed by atoms with Gasteiger partial charge in [-0.15, -0.1) is 0 Å². The number of rotatable bonds is 5. The number of hydrogen-bond donors (Lipinski definition) is 2. The molecule has 6 heteroatoms. The van der Waals surface area contributed by atoms with E-state index in [2.05, 4.69) is 10.3 Å². The zero-order valence-corrected chi connectivity index (χ0v) is 12.6. The highest BCUT2D eigenvalue weighted by Crippen LogP contribution is 2.20. The van der Waals surface area contributed by atoms with E-state index in [0.717, 1.165) is 19.4 Å². The van der Waals surface area contributed by atoms with E-state index in [1.807, 2.05) is 0 Å². The van der Waals surface area contributed by atoms with E-state index >= 15 is 0 Å². The molecule has 2 heterocycles. The van der Waals surface area contributed by atoms with Gasteiger partial charge in [0.1, 0.15) is 12.4 Å². The maximum absolute atomic E-state index is 12.1. The van der Waals surface area contributed by atoms with Gasteiger partial charge in [0.2, 0.25) is 0 Å². The van der Waals surface area contributed by atoms with Gasteiger partial charge in [-0.2, -0.15) is 0 Å². The summed E-state index contributed by atoms with van der Waals surface area (Å²) in [6.45, 7) is 1.32. The van der Waals surface area contributed by atoms with Crippen LogP contribution in [0.3, 0.4) is 0 Å². The molecule has 1 aliphatic rings. The predicted octanol–water partition coefficient (Wildman–Crippen LogP) is 2.60. The summed E-state index contributed by atoms with van der Waals surface area (Å²) in [5.41, 5.74) is 0.458. The van der Waals surface area contributed by atoms with Crippen LogP contribution in [-0.2, 0) is 4.74 Å². The van der Waals surface area contributed by atoms with Gasteiger partial charge >= 0.3 is 0 Å². The molecular formula is C17H18N2O4. The Labute approximate surface area is 134 Å². The lowest BCUT2D eigenvalue weighted by Gasteiger charge is -2.11. The molecule has 2 N–H and O–H groups in total. The number of ether oxygens (including phenoxy) is 2. The molecule has 1 saturated heterocycles. The predicted molar refractivity (Wildman–Crippen MR) is 84.8 cm³/mol. The van der Waals surface area contributed by atoms with E-state index in [1.165, 1.54) is 12.3 Å². The van der Waals surface area contributed by atoms with Crippen molar-refractivity contribution in [2.75, 3.05) is 18.5 Å². The molecule has 0 unspecified atom stereocenters. The molecule has 3 rings (SSSR count). The molecule has 1 aromatic carbocycles. The van der Waals surface area contributed by atoms with Crippen molar-refractivity contribution in [1.82, 2.24) is 4.98 Å². The van der Waals surface area contributed by atoms with E-state index in [-0.39, 0.29) is 23.6 Å². The lowest BCUT2D eigenvalue weighted by atomic mass is 10.2. The molecule has 0 aliphatic carbocycles. The molecule has 2 aromatic rings. The van der Waals surface area contributed by atoms with Crippen molar-refractivity contribution in [2.45, 2.75) is 18.9 Å². The summed E-state index contributed by atoms with van der Waals surface area (Å²) in [6.07, 6.45) is 3.75. The normalized spacial score (nSPS) is 17.0. The first kappa shape index (κ1) is 15.3. The Morgan fingerprint density at radius 1 is 1.35 bits per heavy atom. The summed E-state index contributed by atoms with van der Waals surface area (Å²) in [6, 6.07) is 9.86. The fourth-order valence-corrected chi connectivity index (χ4v) is 2.34. The van der Waals surface area contributed by atoms with Crippen molar-refractivity contribution in [3.8, 4) is 11.5 Å². The second-order valence-corrected chi connectivity index (χ2v) is 5.30. The quantitative estimate of drug-likeness (QED) is 0.886. The van der Waals surface area contributed by atoms with E-state index in [0.29, 0.717) is 17.9 Å². The third kappa shape index (κ3) is 3.98. The molecule has 0 saturated carbocycles. The van der Waals surface area contributed by atoms with Crippen LogP contribution >= 0.6 is 0 Å². The van der Waals surface area contributed by atoms with Crippen molar-refractivity contribution in [3.63, 3.8) is 0 Å². The minimum Gasteiger partial charge on any atom is -0.504 e. The Morgan fingerprint density at radius 3 is 2.87 bits per heavy atom. The number of aromatic hydroxyl groups is 1. The first-order valence-corrected chi connectivity index (χ1v) is 7.52. The van der Waals surface area contributed by atoms with Gasteiger partial charge in [0.15, 0.2) is 11.6 Å². The Bertz CT molecular complexity index is 667. The number of pyridine rings is 1. The summed E-state index contributed by atoms with van der Waals surface area (Å²) in [5, 5.41) is 12.2. The number of nitrogens with one attached hydrogen (secondary N) is 1. The molecule has 0 radical (unpaired) electrons. The Balaban J connectivity index is 1.57. The topological polar surface area (TPSA) is 80.7 Å². The fraction of sp³-hybridized carbons (Fsp3) is 0.294. The van der Waals surface area contributed by atoms with Gasteiger partial charge in [-0.3, -0.25) is 4.79 Å². The highest BCUT2D eigenvalue weighted by molar-refractivity contribution is 6.04. The first-order chi connectivity index (χ1) is 11.2. The van der Waals surface area contributed by atoms with E-state index in [1.54, 1.807) is 30.3 Å². The SMILES string of the molecule is O=C(Nc1ncccc1O)c1ccc(OC[C@@H]2CCCO2)cc1. The minimum absolute atomic E-state index is 0.0719. The van der Waals surface area contributed by atoms with Gasteiger partial charge in [0.25, 0.3) is 5.91 Å². The zero-order valence-electron chi connectivity index (χ0n) is 12.6. The van der Waals surface area contributed by atoms with Gasteiger partial charge in [0, 0.05) is 18.4 Å². The highest BCUT2D eigenvalue weighted by atomic mass is 16.5. The van der Waals surface area contributed by atoms with Gasteiger partial charge in [-0.1, -0.05) is 0 Å². The maximum atomic E-state index is 12.1. The summed E-state index contributed by atoms with van der Waals surface area (Å²) in [5.74, 6) is 0.413. The monoisotopic (exact) mass is 314 g/mol. The van der Waals surface area contributed by atoms with Crippen LogP contribution in [0.5, 0.6) is 11.5 Å².